The lowest BCUT2D eigenvalue weighted by molar-refractivity contribution is -0.137. The highest BCUT2D eigenvalue weighted by Crippen LogP contribution is 2.33. The molecule has 4 nitrogen and oxygen atoms in total. The molecule has 0 bridgehead atoms. The van der Waals surface area contributed by atoms with E-state index in [2.05, 4.69) is 4.72 Å². The lowest BCUT2D eigenvalue weighted by Crippen LogP contribution is -2.35. The van der Waals surface area contributed by atoms with Crippen LogP contribution in [-0.2, 0) is 16.2 Å². The van der Waals surface area contributed by atoms with E-state index in [1.807, 2.05) is 0 Å². The van der Waals surface area contributed by atoms with Crippen LogP contribution < -0.4 is 4.72 Å². The lowest BCUT2D eigenvalue weighted by atomic mass is 10.2. The fraction of sp³-hybridized carbons (Fsp3) is 0.400. The molecule has 9 heteroatoms. The first-order valence-electron chi connectivity index (χ1n) is 5.08. The highest BCUT2D eigenvalue weighted by molar-refractivity contribution is 7.89. The Kier molecular flexibility index (Phi) is 4.83. The monoisotopic (exact) mass is 317 g/mol. The van der Waals surface area contributed by atoms with Gasteiger partial charge in [-0.25, -0.2) is 13.1 Å². The minimum atomic E-state index is -4.60. The van der Waals surface area contributed by atoms with E-state index in [1.165, 1.54) is 6.92 Å². The van der Waals surface area contributed by atoms with E-state index in [1.54, 1.807) is 0 Å². The zero-order valence-electron chi connectivity index (χ0n) is 9.70. The average molecular weight is 318 g/mol. The van der Waals surface area contributed by atoms with Gasteiger partial charge in [-0.05, 0) is 25.1 Å². The van der Waals surface area contributed by atoms with Gasteiger partial charge in [0.25, 0.3) is 0 Å². The maximum Gasteiger partial charge on any atom is 0.416 e. The number of nitrogens with one attached hydrogen (secondary N) is 1. The first-order valence-corrected chi connectivity index (χ1v) is 6.94. The molecule has 0 amide bonds. The fourth-order valence-corrected chi connectivity index (χ4v) is 3.04. The van der Waals surface area contributed by atoms with Gasteiger partial charge in [0, 0.05) is 6.04 Å². The van der Waals surface area contributed by atoms with Crippen molar-refractivity contribution in [3.8, 4) is 0 Å². The molecule has 0 saturated carbocycles. The van der Waals surface area contributed by atoms with Crippen molar-refractivity contribution >= 4 is 21.6 Å². The molecule has 0 saturated heterocycles. The molecule has 1 aromatic carbocycles. The van der Waals surface area contributed by atoms with Crippen molar-refractivity contribution in [1.29, 1.82) is 0 Å². The molecule has 2 N–H and O–H groups in total. The van der Waals surface area contributed by atoms with Crippen molar-refractivity contribution < 1.29 is 26.7 Å². The number of aliphatic hydroxyl groups excluding tert-OH is 1. The van der Waals surface area contributed by atoms with Crippen LogP contribution in [-0.4, -0.2) is 26.2 Å². The third kappa shape index (κ3) is 4.07. The van der Waals surface area contributed by atoms with E-state index < -0.39 is 44.3 Å². The van der Waals surface area contributed by atoms with E-state index in [4.69, 9.17) is 16.7 Å². The SMILES string of the molecule is CC(CO)NS(=O)(=O)c1ccc(C(F)(F)F)cc1Cl. The van der Waals surface area contributed by atoms with Crippen LogP contribution in [0.5, 0.6) is 0 Å². The van der Waals surface area contributed by atoms with Gasteiger partial charge in [-0.2, -0.15) is 13.2 Å². The van der Waals surface area contributed by atoms with Crippen LogP contribution in [0.15, 0.2) is 23.1 Å². The van der Waals surface area contributed by atoms with Gasteiger partial charge in [0.1, 0.15) is 4.90 Å². The van der Waals surface area contributed by atoms with Crippen molar-refractivity contribution in [1.82, 2.24) is 4.72 Å². The summed E-state index contributed by atoms with van der Waals surface area (Å²) < 4.78 is 62.9. The van der Waals surface area contributed by atoms with Crippen LogP contribution in [0.3, 0.4) is 0 Å². The van der Waals surface area contributed by atoms with Gasteiger partial charge in [-0.15, -0.1) is 0 Å². The number of alkyl halides is 3. The molecule has 0 fully saturated rings. The summed E-state index contributed by atoms with van der Waals surface area (Å²) >= 11 is 5.56. The van der Waals surface area contributed by atoms with Crippen LogP contribution >= 0.6 is 11.6 Å². The third-order valence-electron chi connectivity index (χ3n) is 2.18. The third-order valence-corrected chi connectivity index (χ3v) is 4.25. The molecule has 1 atom stereocenters. The zero-order chi connectivity index (χ0) is 14.8. The molecule has 0 spiro atoms. The Bertz CT molecular complexity index is 560. The predicted molar refractivity (Wildman–Crippen MR) is 63.3 cm³/mol. The van der Waals surface area contributed by atoms with Gasteiger partial charge >= 0.3 is 6.18 Å². The first-order chi connectivity index (χ1) is 8.58. The Balaban J connectivity index is 3.16. The number of rotatable bonds is 4. The summed E-state index contributed by atoms with van der Waals surface area (Å²) in [5.41, 5.74) is -1.04. The van der Waals surface area contributed by atoms with Crippen LogP contribution in [0, 0.1) is 0 Å². The maximum atomic E-state index is 12.4. The second-order valence-corrected chi connectivity index (χ2v) is 5.94. The minimum absolute atomic E-state index is 0.447. The fourth-order valence-electron chi connectivity index (χ4n) is 1.26. The Labute approximate surface area is 113 Å². The predicted octanol–water partition coefficient (Wildman–Crippen LogP) is 2.02. The molecule has 1 rings (SSSR count). The summed E-state index contributed by atoms with van der Waals surface area (Å²) in [5.74, 6) is 0. The van der Waals surface area contributed by atoms with Crippen LogP contribution in [0.1, 0.15) is 12.5 Å². The number of sulfonamides is 1. The minimum Gasteiger partial charge on any atom is -0.395 e. The maximum absolute atomic E-state index is 12.4. The van der Waals surface area contributed by atoms with Crippen LogP contribution in [0.2, 0.25) is 5.02 Å². The van der Waals surface area contributed by atoms with E-state index in [0.29, 0.717) is 12.1 Å². The summed E-state index contributed by atoms with van der Waals surface area (Å²) in [5, 5.41) is 8.22. The zero-order valence-corrected chi connectivity index (χ0v) is 11.3. The van der Waals surface area contributed by atoms with Crippen LogP contribution in [0.4, 0.5) is 13.2 Å². The van der Waals surface area contributed by atoms with Crippen LogP contribution in [0.25, 0.3) is 0 Å². The molecule has 0 radical (unpaired) electrons. The highest BCUT2D eigenvalue weighted by Gasteiger charge is 2.32. The summed E-state index contributed by atoms with van der Waals surface area (Å²) in [6.45, 7) is 0.951. The summed E-state index contributed by atoms with van der Waals surface area (Å²) in [4.78, 5) is -0.470. The van der Waals surface area contributed by atoms with Gasteiger partial charge in [0.15, 0.2) is 0 Å². The molecule has 0 aliphatic rings. The molecule has 108 valence electrons. The number of hydrogen-bond donors (Lipinski definition) is 2. The van der Waals surface area contributed by atoms with Crippen molar-refractivity contribution in [2.24, 2.45) is 0 Å². The second-order valence-electron chi connectivity index (χ2n) is 3.85. The van der Waals surface area contributed by atoms with Crippen molar-refractivity contribution in [2.75, 3.05) is 6.61 Å². The molecule has 19 heavy (non-hydrogen) atoms. The molecule has 0 aliphatic heterocycles. The van der Waals surface area contributed by atoms with Crippen molar-refractivity contribution in [3.63, 3.8) is 0 Å². The number of aliphatic hydroxyl groups is 1. The Morgan fingerprint density at radius 3 is 2.42 bits per heavy atom. The van der Waals surface area contributed by atoms with E-state index in [-0.39, 0.29) is 0 Å². The molecule has 1 aromatic rings. The van der Waals surface area contributed by atoms with Gasteiger partial charge in [-0.3, -0.25) is 0 Å². The molecular weight excluding hydrogens is 307 g/mol. The number of halogens is 4. The lowest BCUT2D eigenvalue weighted by Gasteiger charge is -2.14. The molecular formula is C10H11ClF3NO3S. The first kappa shape index (κ1) is 16.2. The van der Waals surface area contributed by atoms with Gasteiger partial charge in [0.05, 0.1) is 17.2 Å². The normalized spacial score (nSPS) is 14.4. The second kappa shape index (κ2) is 5.66. The number of benzene rings is 1. The van der Waals surface area contributed by atoms with Crippen molar-refractivity contribution in [3.05, 3.63) is 28.8 Å². The van der Waals surface area contributed by atoms with Gasteiger partial charge in [0.2, 0.25) is 10.0 Å². The van der Waals surface area contributed by atoms with Gasteiger partial charge in [-0.1, -0.05) is 11.6 Å². The summed E-state index contributed by atoms with van der Waals surface area (Å²) in [7, 11) is -4.07. The molecule has 0 aliphatic carbocycles. The Morgan fingerprint density at radius 1 is 1.42 bits per heavy atom. The van der Waals surface area contributed by atoms with Crippen molar-refractivity contribution in [2.45, 2.75) is 24.0 Å². The Morgan fingerprint density at radius 2 is 2.00 bits per heavy atom. The van der Waals surface area contributed by atoms with E-state index in [9.17, 15) is 21.6 Å². The average Bonchev–Trinajstić information content (AvgIpc) is 2.26. The number of hydrogen-bond acceptors (Lipinski definition) is 3. The topological polar surface area (TPSA) is 66.4 Å². The standard InChI is InChI=1S/C10H11ClF3NO3S/c1-6(5-16)15-19(17,18)9-3-2-7(4-8(9)11)10(12,13)14/h2-4,6,15-16H,5H2,1H3. The largest absolute Gasteiger partial charge is 0.416 e. The summed E-state index contributed by atoms with van der Waals surface area (Å²) in [6, 6.07) is 1.17. The van der Waals surface area contributed by atoms with Gasteiger partial charge < -0.3 is 5.11 Å². The quantitative estimate of drug-likeness (QED) is 0.893. The molecule has 1 unspecified atom stereocenters. The van der Waals surface area contributed by atoms with E-state index in [0.717, 1.165) is 6.07 Å². The Hall–Kier alpha value is -0.830. The molecule has 0 aromatic heterocycles. The smallest absolute Gasteiger partial charge is 0.395 e. The highest BCUT2D eigenvalue weighted by atomic mass is 35.5. The summed E-state index contributed by atoms with van der Waals surface area (Å²) in [6.07, 6.45) is -4.60. The van der Waals surface area contributed by atoms with E-state index >= 15 is 0 Å². The molecule has 0 heterocycles.